The van der Waals surface area contributed by atoms with Crippen LogP contribution in [-0.4, -0.2) is 20.7 Å². The molecule has 2 heterocycles. The summed E-state index contributed by atoms with van der Waals surface area (Å²) in [4.78, 5) is 20.5. The highest BCUT2D eigenvalue weighted by atomic mass is 19.1. The number of amides is 1. The highest BCUT2D eigenvalue weighted by Gasteiger charge is 2.11. The zero-order valence-electron chi connectivity index (χ0n) is 14.4. The molecule has 27 heavy (non-hydrogen) atoms. The van der Waals surface area contributed by atoms with E-state index in [1.54, 1.807) is 16.8 Å². The van der Waals surface area contributed by atoms with E-state index in [2.05, 4.69) is 15.4 Å². The third-order valence-corrected chi connectivity index (χ3v) is 4.02. The Morgan fingerprint density at radius 3 is 2.63 bits per heavy atom. The number of nitrogens with zero attached hydrogens (tertiary/aromatic N) is 3. The maximum Gasteiger partial charge on any atom is 0.432 e. The van der Waals surface area contributed by atoms with Gasteiger partial charge in [0.2, 0.25) is 0 Å². The van der Waals surface area contributed by atoms with Gasteiger partial charge in [-0.15, -0.1) is 0 Å². The van der Waals surface area contributed by atoms with E-state index in [0.717, 1.165) is 16.6 Å². The fourth-order valence-corrected chi connectivity index (χ4v) is 2.81. The Balaban J connectivity index is 1.49. The van der Waals surface area contributed by atoms with Crippen LogP contribution in [0.4, 0.5) is 9.18 Å². The zero-order valence-corrected chi connectivity index (χ0v) is 14.4. The second-order valence-corrected chi connectivity index (χ2v) is 5.93. The van der Waals surface area contributed by atoms with E-state index < -0.39 is 6.09 Å². The van der Waals surface area contributed by atoms with E-state index in [-0.39, 0.29) is 11.6 Å². The van der Waals surface area contributed by atoms with Crippen LogP contribution in [0.25, 0.3) is 22.3 Å². The third kappa shape index (κ3) is 3.48. The summed E-state index contributed by atoms with van der Waals surface area (Å²) in [6.07, 6.45) is 2.07. The van der Waals surface area contributed by atoms with Crippen LogP contribution in [0.5, 0.6) is 5.75 Å². The first-order valence-corrected chi connectivity index (χ1v) is 8.24. The second-order valence-electron chi connectivity index (χ2n) is 5.93. The Bertz CT molecular complexity index is 1120. The molecule has 0 bridgehead atoms. The Morgan fingerprint density at radius 1 is 1.07 bits per heavy atom. The molecule has 1 N–H and O–H groups in total. The van der Waals surface area contributed by atoms with Gasteiger partial charge >= 0.3 is 6.09 Å². The van der Waals surface area contributed by atoms with Crippen LogP contribution in [0.1, 0.15) is 5.69 Å². The van der Waals surface area contributed by atoms with Crippen LogP contribution in [0.15, 0.2) is 67.0 Å². The predicted molar refractivity (Wildman–Crippen MR) is 99.5 cm³/mol. The van der Waals surface area contributed by atoms with Gasteiger partial charge in [0.1, 0.15) is 5.82 Å². The number of ether oxygens (including phenoxy) is 1. The highest BCUT2D eigenvalue weighted by molar-refractivity contribution is 5.86. The van der Waals surface area contributed by atoms with Crippen LogP contribution < -0.4 is 10.2 Å². The van der Waals surface area contributed by atoms with Crippen molar-refractivity contribution >= 4 is 17.0 Å². The van der Waals surface area contributed by atoms with Gasteiger partial charge in [-0.3, -0.25) is 4.68 Å². The number of nitrogens with one attached hydrogen (secondary N) is 1. The quantitative estimate of drug-likeness (QED) is 0.590. The average molecular weight is 362 g/mol. The molecule has 0 spiro atoms. The molecule has 2 aromatic heterocycles. The van der Waals surface area contributed by atoms with Crippen molar-refractivity contribution in [1.82, 2.24) is 14.6 Å². The number of benzene rings is 2. The topological polar surface area (TPSA) is 69.0 Å². The van der Waals surface area contributed by atoms with E-state index in [1.807, 2.05) is 37.3 Å². The van der Waals surface area contributed by atoms with Crippen molar-refractivity contribution < 1.29 is 13.9 Å². The van der Waals surface area contributed by atoms with E-state index in [4.69, 9.17) is 4.74 Å². The summed E-state index contributed by atoms with van der Waals surface area (Å²) in [7, 11) is 0. The molecule has 0 unspecified atom stereocenters. The maximum absolute atomic E-state index is 13.3. The van der Waals surface area contributed by atoms with E-state index in [9.17, 15) is 9.18 Å². The van der Waals surface area contributed by atoms with Crippen molar-refractivity contribution in [3.63, 3.8) is 0 Å². The second kappa shape index (κ2) is 6.87. The molecule has 1 amide bonds. The van der Waals surface area contributed by atoms with Gasteiger partial charge in [-0.05, 0) is 31.2 Å². The number of hydrogen-bond acceptors (Lipinski definition) is 4. The fraction of sp³-hybridized carbons (Fsp3) is 0.0500. The monoisotopic (exact) mass is 362 g/mol. The van der Waals surface area contributed by atoms with Gasteiger partial charge < -0.3 is 4.74 Å². The molecule has 6 nitrogen and oxygen atoms in total. The Hall–Kier alpha value is -3.74. The molecule has 0 aliphatic heterocycles. The molecule has 0 saturated heterocycles. The van der Waals surface area contributed by atoms with Gasteiger partial charge in [0.15, 0.2) is 11.6 Å². The molecule has 0 fully saturated rings. The number of fused-ring (bicyclic) bond motifs is 1. The summed E-state index contributed by atoms with van der Waals surface area (Å²) in [5.74, 6) is 0.154. The minimum Gasteiger partial charge on any atom is -0.406 e. The van der Waals surface area contributed by atoms with Crippen molar-refractivity contribution in [3.05, 3.63) is 78.5 Å². The molecule has 7 heteroatoms. The number of aryl methyl sites for hydroxylation is 1. The van der Waals surface area contributed by atoms with Crippen LogP contribution in [-0.2, 0) is 0 Å². The molecule has 0 saturated carbocycles. The van der Waals surface area contributed by atoms with Crippen molar-refractivity contribution in [2.24, 2.45) is 0 Å². The summed E-state index contributed by atoms with van der Waals surface area (Å²) >= 11 is 0. The lowest BCUT2D eigenvalue weighted by Crippen LogP contribution is -2.26. The molecule has 0 radical (unpaired) electrons. The SMILES string of the molecule is Cc1cc2ccccc2n1NC(=O)Oc1cnc(-c2cccc(F)c2)nc1. The van der Waals surface area contributed by atoms with Crippen LogP contribution in [0.3, 0.4) is 0 Å². The highest BCUT2D eigenvalue weighted by Crippen LogP contribution is 2.19. The minimum atomic E-state index is -0.665. The van der Waals surface area contributed by atoms with Crippen LogP contribution >= 0.6 is 0 Å². The summed E-state index contributed by atoms with van der Waals surface area (Å²) in [6, 6.07) is 15.6. The molecule has 2 aromatic carbocycles. The molecular weight excluding hydrogens is 347 g/mol. The number of aromatic nitrogens is 3. The first kappa shape index (κ1) is 16.7. The van der Waals surface area contributed by atoms with E-state index >= 15 is 0 Å². The van der Waals surface area contributed by atoms with Crippen molar-refractivity contribution in [2.45, 2.75) is 6.92 Å². The van der Waals surface area contributed by atoms with Crippen LogP contribution in [0, 0.1) is 12.7 Å². The van der Waals surface area contributed by atoms with E-state index in [1.165, 1.54) is 24.5 Å². The van der Waals surface area contributed by atoms with Gasteiger partial charge in [0.05, 0.1) is 17.9 Å². The number of rotatable bonds is 3. The normalized spacial score (nSPS) is 10.7. The smallest absolute Gasteiger partial charge is 0.406 e. The lowest BCUT2D eigenvalue weighted by atomic mass is 10.2. The fourth-order valence-electron chi connectivity index (χ4n) is 2.81. The largest absolute Gasteiger partial charge is 0.432 e. The van der Waals surface area contributed by atoms with Crippen LogP contribution in [0.2, 0.25) is 0 Å². The van der Waals surface area contributed by atoms with E-state index in [0.29, 0.717) is 11.4 Å². The minimum absolute atomic E-state index is 0.182. The number of halogens is 1. The van der Waals surface area contributed by atoms with Gasteiger partial charge in [-0.2, -0.15) is 0 Å². The molecule has 0 atom stereocenters. The Morgan fingerprint density at radius 2 is 1.85 bits per heavy atom. The third-order valence-electron chi connectivity index (χ3n) is 4.02. The summed E-state index contributed by atoms with van der Waals surface area (Å²) in [5, 5.41) is 1.01. The molecule has 4 aromatic rings. The molecular formula is C20H15FN4O2. The summed E-state index contributed by atoms with van der Waals surface area (Å²) in [5.41, 5.74) is 4.96. The van der Waals surface area contributed by atoms with Crippen molar-refractivity contribution in [1.29, 1.82) is 0 Å². The number of carbonyl (C=O) groups excluding carboxylic acids is 1. The molecule has 0 aliphatic carbocycles. The first-order valence-electron chi connectivity index (χ1n) is 8.24. The maximum atomic E-state index is 13.3. The Kier molecular flexibility index (Phi) is 4.25. The van der Waals surface area contributed by atoms with Gasteiger partial charge in [-0.1, -0.05) is 30.3 Å². The van der Waals surface area contributed by atoms with Gasteiger partial charge in [0, 0.05) is 16.6 Å². The molecule has 4 rings (SSSR count). The molecule has 134 valence electrons. The summed E-state index contributed by atoms with van der Waals surface area (Å²) < 4.78 is 20.2. The zero-order chi connectivity index (χ0) is 18.8. The predicted octanol–water partition coefficient (Wildman–Crippen LogP) is 4.29. The standard InChI is InChI=1S/C20H15FN4O2/c1-13-9-14-5-2-3-8-18(14)25(13)24-20(26)27-17-11-22-19(23-12-17)15-6-4-7-16(21)10-15/h2-12H,1H3,(H,24,26). The van der Waals surface area contributed by atoms with Crippen molar-refractivity contribution in [2.75, 3.05) is 5.43 Å². The van der Waals surface area contributed by atoms with Crippen molar-refractivity contribution in [3.8, 4) is 17.1 Å². The molecule has 0 aliphatic rings. The van der Waals surface area contributed by atoms with Gasteiger partial charge in [0.25, 0.3) is 0 Å². The lowest BCUT2D eigenvalue weighted by molar-refractivity contribution is 0.211. The number of para-hydroxylation sites is 1. The average Bonchev–Trinajstić information content (AvgIpc) is 2.98. The summed E-state index contributed by atoms with van der Waals surface area (Å²) in [6.45, 7) is 1.89. The lowest BCUT2D eigenvalue weighted by Gasteiger charge is -2.10. The number of hydrogen-bond donors (Lipinski definition) is 1. The van der Waals surface area contributed by atoms with Gasteiger partial charge in [-0.25, -0.2) is 24.6 Å². The Labute approximate surface area is 154 Å². The number of carbonyl (C=O) groups is 1. The first-order chi connectivity index (χ1) is 13.1.